The van der Waals surface area contributed by atoms with Gasteiger partial charge < -0.3 is 4.74 Å². The third-order valence-electron chi connectivity index (χ3n) is 22.1. The quantitative estimate of drug-likeness (QED) is 0.0132. The molecule has 15 aromatic carbocycles. The van der Waals surface area contributed by atoms with E-state index in [4.69, 9.17) is 4.74 Å². The number of allylic oxidation sites excluding steroid dienone is 9. The molecule has 0 radical (unpaired) electrons. The number of esters is 1. The molecule has 0 fully saturated rings. The summed E-state index contributed by atoms with van der Waals surface area (Å²) < 4.78 is 6.99. The maximum Gasteiger partial charge on any atom is 0.338 e. The minimum atomic E-state index is -0.510. The first-order chi connectivity index (χ1) is 63.9. The average Bonchev–Trinajstić information content (AvgIpc) is 0.734. The van der Waals surface area contributed by atoms with Gasteiger partial charge in [-0.2, -0.15) is 0 Å². The van der Waals surface area contributed by atoms with Crippen LogP contribution >= 0.6 is 0 Å². The Labute approximate surface area is 762 Å². The van der Waals surface area contributed by atoms with E-state index in [1.807, 2.05) is 24.3 Å². The first kappa shape index (κ1) is 87.5. The second kappa shape index (κ2) is 46.9. The molecule has 15 aromatic rings. The van der Waals surface area contributed by atoms with Gasteiger partial charge in [0.25, 0.3) is 0 Å². The van der Waals surface area contributed by atoms with Gasteiger partial charge in [0.2, 0.25) is 0 Å². The van der Waals surface area contributed by atoms with Crippen molar-refractivity contribution in [3.63, 3.8) is 0 Å². The minimum Gasteiger partial charge on any atom is -0.462 e. The zero-order chi connectivity index (χ0) is 87.9. The van der Waals surface area contributed by atoms with Crippen molar-refractivity contribution in [2.45, 2.75) is 19.8 Å². The van der Waals surface area contributed by atoms with Gasteiger partial charge in [0, 0.05) is 5.57 Å². The molecular weight excluding hydrogens is 1560 g/mol. The maximum absolute atomic E-state index is 17.4. The summed E-state index contributed by atoms with van der Waals surface area (Å²) in [5, 5.41) is 0. The lowest BCUT2D eigenvalue weighted by Crippen LogP contribution is -2.14. The zero-order valence-corrected chi connectivity index (χ0v) is 72.6. The first-order valence-electron chi connectivity index (χ1n) is 44.2. The van der Waals surface area contributed by atoms with E-state index in [1.54, 1.807) is 0 Å². The summed E-state index contributed by atoms with van der Waals surface area (Å²) >= 11 is 0. The number of carbonyl (C=O) groups excluding carboxylic acids is 1. The Bertz CT molecular complexity index is 6580. The first-order valence-corrected chi connectivity index (χ1v) is 44.2. The van der Waals surface area contributed by atoms with Gasteiger partial charge in [0.15, 0.2) is 0 Å². The molecule has 0 aliphatic rings. The number of hydrogen-bond acceptors (Lipinski definition) is 2. The summed E-state index contributed by atoms with van der Waals surface area (Å²) in [7, 11) is 0. The van der Waals surface area contributed by atoms with Crippen molar-refractivity contribution >= 4 is 145 Å². The predicted molar refractivity (Wildman–Crippen MR) is 560 cm³/mol. The van der Waals surface area contributed by atoms with E-state index in [0.717, 1.165) is 146 Å². The van der Waals surface area contributed by atoms with Crippen LogP contribution in [0.2, 0.25) is 0 Å². The Kier molecular flexibility index (Phi) is 31.8. The van der Waals surface area contributed by atoms with Gasteiger partial charge in [-0.3, -0.25) is 0 Å². The van der Waals surface area contributed by atoms with Crippen molar-refractivity contribution < 1.29 is 9.53 Å². The Morgan fingerprint density at radius 3 is 0.729 bits per heavy atom. The molecule has 0 bridgehead atoms. The molecule has 0 saturated heterocycles. The molecule has 2 nitrogen and oxygen atoms in total. The standard InChI is InChI=1S/C127H102O2/c1-2-3-97-129-127(128)124(95-81-110-67-41-16-42-68-110)126(121(92-78-107-61-35-13-36-62-107)118(89-75-104-55-29-10-30-56-104)115-96-83-111(82-69-98-43-17-4-18-44-98)112(84-70-99-45-19-5-20-46-99)113(115)85-71-100-47-21-6-22-48-100)123(94-80-109-65-39-15-40-66-109)122(93-79-108-63-37-14-38-64-108)125-119(90-76-105-57-31-11-32-58-105)116(87-73-102-51-25-8-26-52-102)114(86-72-101-49-23-7-24-50-101)117(88-74-103-53-27-9-28-54-103)120(125)91-77-106-59-33-12-34-60-106/h4-96H,2-3,97H2,1H3. The van der Waals surface area contributed by atoms with E-state index in [-0.39, 0.29) is 6.61 Å². The van der Waals surface area contributed by atoms with E-state index in [2.05, 4.69) is 547 Å². The third kappa shape index (κ3) is 25.2. The fourth-order valence-corrected chi connectivity index (χ4v) is 15.4. The largest absolute Gasteiger partial charge is 0.462 e. The van der Waals surface area contributed by atoms with Gasteiger partial charge in [-0.25, -0.2) is 4.79 Å². The topological polar surface area (TPSA) is 26.3 Å². The van der Waals surface area contributed by atoms with Gasteiger partial charge in [0.05, 0.1) is 12.2 Å². The zero-order valence-electron chi connectivity index (χ0n) is 72.6. The van der Waals surface area contributed by atoms with Crippen LogP contribution in [-0.4, -0.2) is 12.6 Å². The lowest BCUT2D eigenvalue weighted by molar-refractivity contribution is -0.138. The molecule has 0 atom stereocenters. The molecule has 0 aliphatic carbocycles. The summed E-state index contributed by atoms with van der Waals surface area (Å²) in [6.45, 7) is 2.29. The van der Waals surface area contributed by atoms with Crippen LogP contribution in [0, 0.1) is 0 Å². The molecule has 0 aliphatic heterocycles. The van der Waals surface area contributed by atoms with E-state index >= 15 is 4.79 Å². The van der Waals surface area contributed by atoms with Gasteiger partial charge in [-0.1, -0.05) is 572 Å². The molecule has 0 spiro atoms. The fourth-order valence-electron chi connectivity index (χ4n) is 15.4. The minimum absolute atomic E-state index is 0.156. The monoisotopic (exact) mass is 1660 g/mol. The van der Waals surface area contributed by atoms with Crippen LogP contribution in [0.1, 0.15) is 148 Å². The van der Waals surface area contributed by atoms with Crippen LogP contribution in [0.5, 0.6) is 0 Å². The van der Waals surface area contributed by atoms with Crippen LogP contribution < -0.4 is 0 Å². The smallest absolute Gasteiger partial charge is 0.338 e. The maximum atomic E-state index is 17.4. The number of unbranched alkanes of at least 4 members (excludes halogenated alkanes) is 1. The molecular formula is C127H102O2. The molecule has 0 N–H and O–H groups in total. The van der Waals surface area contributed by atoms with Gasteiger partial charge in [-0.05, 0) is 163 Å². The van der Waals surface area contributed by atoms with E-state index in [9.17, 15) is 0 Å². The van der Waals surface area contributed by atoms with Crippen LogP contribution in [0.3, 0.4) is 0 Å². The van der Waals surface area contributed by atoms with E-state index in [0.29, 0.717) is 28.7 Å². The van der Waals surface area contributed by atoms with Gasteiger partial charge >= 0.3 is 5.97 Å². The Hall–Kier alpha value is -16.4. The van der Waals surface area contributed by atoms with Crippen molar-refractivity contribution in [2.24, 2.45) is 0 Å². The fraction of sp³-hybridized carbons (Fsp3) is 0.0315. The Morgan fingerprint density at radius 1 is 0.209 bits per heavy atom. The van der Waals surface area contributed by atoms with Crippen molar-refractivity contribution in [2.75, 3.05) is 6.61 Å². The molecule has 129 heavy (non-hydrogen) atoms. The van der Waals surface area contributed by atoms with Crippen molar-refractivity contribution in [3.8, 4) is 0 Å². The van der Waals surface area contributed by atoms with Crippen LogP contribution in [0.25, 0.3) is 139 Å². The van der Waals surface area contributed by atoms with Crippen LogP contribution in [-0.2, 0) is 9.53 Å². The lowest BCUT2D eigenvalue weighted by atomic mass is 9.77. The molecule has 0 saturated carbocycles. The number of hydrogen-bond donors (Lipinski definition) is 0. The molecule has 2 heteroatoms. The second-order valence-corrected chi connectivity index (χ2v) is 31.1. The molecule has 0 heterocycles. The summed E-state index contributed by atoms with van der Waals surface area (Å²) in [5.74, 6) is -0.510. The molecule has 0 aromatic heterocycles. The summed E-state index contributed by atoms with van der Waals surface area (Å²) in [6.07, 6.45) is 59.6. The number of rotatable bonds is 34. The third-order valence-corrected chi connectivity index (χ3v) is 22.1. The highest BCUT2D eigenvalue weighted by atomic mass is 16.5. The summed E-state index contributed by atoms with van der Waals surface area (Å²) in [5.41, 5.74) is 25.9. The second-order valence-electron chi connectivity index (χ2n) is 31.1. The number of carbonyl (C=O) groups is 1. The van der Waals surface area contributed by atoms with Gasteiger partial charge in [-0.15, -0.1) is 0 Å². The highest BCUT2D eigenvalue weighted by molar-refractivity contribution is 6.08. The number of benzene rings is 15. The normalized spacial score (nSPS) is 12.8. The average molecular weight is 1660 g/mol. The highest BCUT2D eigenvalue weighted by Crippen LogP contribution is 2.47. The van der Waals surface area contributed by atoms with Crippen molar-refractivity contribution in [1.82, 2.24) is 0 Å². The summed E-state index contributed by atoms with van der Waals surface area (Å²) in [4.78, 5) is 17.4. The summed E-state index contributed by atoms with van der Waals surface area (Å²) in [6, 6.07) is 141. The lowest BCUT2D eigenvalue weighted by Gasteiger charge is -2.26. The Morgan fingerprint density at radius 2 is 0.434 bits per heavy atom. The van der Waals surface area contributed by atoms with Crippen molar-refractivity contribution in [3.05, 3.63) is 587 Å². The highest BCUT2D eigenvalue weighted by Gasteiger charge is 2.30. The van der Waals surface area contributed by atoms with Crippen molar-refractivity contribution in [1.29, 1.82) is 0 Å². The molecule has 0 amide bonds. The van der Waals surface area contributed by atoms with E-state index in [1.165, 1.54) is 0 Å². The van der Waals surface area contributed by atoms with Crippen LogP contribution in [0.15, 0.2) is 459 Å². The molecule has 0 unspecified atom stereocenters. The molecule has 15 rings (SSSR count). The SMILES string of the molecule is CCCCOC(=O)C(C=Cc1ccccc1)=C(C(C=Cc1ccccc1)=C(C=Cc1ccccc1)c1ccc(C=Cc2ccccc2)c(C=Cc2ccccc2)c1C=Cc1ccccc1)C(C=Cc1ccccc1)=C(C=Cc1ccccc1)c1c(C=Cc2ccccc2)c(C=Cc2ccccc2)c(C=Cc2ccccc2)c(C=Cc2ccccc2)c1C=Cc1ccccc1. The van der Waals surface area contributed by atoms with Gasteiger partial charge in [0.1, 0.15) is 0 Å². The Balaban J connectivity index is 1.25. The van der Waals surface area contributed by atoms with Crippen LogP contribution in [0.4, 0.5) is 0 Å². The van der Waals surface area contributed by atoms with E-state index < -0.39 is 5.97 Å². The molecule has 622 valence electrons. The predicted octanol–water partition coefficient (Wildman–Crippen LogP) is 33.5. The number of ether oxygens (including phenoxy) is 1.